The van der Waals surface area contributed by atoms with Gasteiger partial charge in [-0.1, -0.05) is 30.3 Å². The second-order valence-electron chi connectivity index (χ2n) is 4.76. The molecule has 0 N–H and O–H groups in total. The summed E-state index contributed by atoms with van der Waals surface area (Å²) in [6, 6.07) is 14.8. The molecule has 0 aliphatic carbocycles. The summed E-state index contributed by atoms with van der Waals surface area (Å²) >= 11 is 0. The van der Waals surface area contributed by atoms with E-state index in [2.05, 4.69) is 0 Å². The van der Waals surface area contributed by atoms with E-state index in [-0.39, 0.29) is 12.6 Å². The molecule has 0 bridgehead atoms. The third kappa shape index (κ3) is 3.34. The summed E-state index contributed by atoms with van der Waals surface area (Å²) in [6.07, 6.45) is 1.16. The zero-order chi connectivity index (χ0) is 14.5. The Bertz CT molecular complexity index is 622. The van der Waals surface area contributed by atoms with Gasteiger partial charge in [0.25, 0.3) is 0 Å². The van der Waals surface area contributed by atoms with Gasteiger partial charge < -0.3 is 14.2 Å². The lowest BCUT2D eigenvalue weighted by Gasteiger charge is -2.06. The van der Waals surface area contributed by atoms with Gasteiger partial charge in [0.05, 0.1) is 6.61 Å². The number of benzene rings is 2. The summed E-state index contributed by atoms with van der Waals surface area (Å²) in [5.74, 6) is 2.31. The molecule has 0 radical (unpaired) electrons. The molecule has 1 aliphatic rings. The van der Waals surface area contributed by atoms with E-state index in [1.54, 1.807) is 6.07 Å². The van der Waals surface area contributed by atoms with Crippen molar-refractivity contribution >= 4 is 5.78 Å². The first kappa shape index (κ1) is 13.5. The maximum atomic E-state index is 11.9. The Morgan fingerprint density at radius 1 is 1.05 bits per heavy atom. The molecular weight excluding hydrogens is 268 g/mol. The first-order chi connectivity index (χ1) is 10.3. The largest absolute Gasteiger partial charge is 0.493 e. The molecule has 0 amide bonds. The van der Waals surface area contributed by atoms with Crippen LogP contribution in [-0.2, 0) is 0 Å². The predicted molar refractivity (Wildman–Crippen MR) is 78.1 cm³/mol. The molecule has 0 aromatic heterocycles. The van der Waals surface area contributed by atoms with Gasteiger partial charge in [0, 0.05) is 18.1 Å². The van der Waals surface area contributed by atoms with Crippen LogP contribution in [0.5, 0.6) is 17.2 Å². The van der Waals surface area contributed by atoms with Gasteiger partial charge in [-0.15, -0.1) is 0 Å². The van der Waals surface area contributed by atoms with Crippen molar-refractivity contribution in [3.8, 4) is 17.2 Å². The Balaban J connectivity index is 1.45. The maximum absolute atomic E-state index is 11.9. The number of hydrogen-bond donors (Lipinski definition) is 0. The Hall–Kier alpha value is -2.49. The Labute approximate surface area is 123 Å². The lowest BCUT2D eigenvalue weighted by Crippen LogP contribution is -2.03. The van der Waals surface area contributed by atoms with Crippen molar-refractivity contribution in [2.24, 2.45) is 0 Å². The van der Waals surface area contributed by atoms with Gasteiger partial charge >= 0.3 is 0 Å². The fraction of sp³-hybridized carbons (Fsp3) is 0.235. The Kier molecular flexibility index (Phi) is 4.05. The van der Waals surface area contributed by atoms with E-state index < -0.39 is 0 Å². The predicted octanol–water partition coefficient (Wildman–Crippen LogP) is 3.46. The minimum atomic E-state index is 0.143. The third-order valence-electron chi connectivity index (χ3n) is 3.26. The van der Waals surface area contributed by atoms with Crippen LogP contribution in [0.25, 0.3) is 0 Å². The molecule has 21 heavy (non-hydrogen) atoms. The topological polar surface area (TPSA) is 44.8 Å². The zero-order valence-corrected chi connectivity index (χ0v) is 11.6. The van der Waals surface area contributed by atoms with Crippen LogP contribution in [0.4, 0.5) is 0 Å². The molecule has 0 saturated carbocycles. The number of carbonyl (C=O) groups excluding carboxylic acids is 1. The van der Waals surface area contributed by atoms with E-state index in [1.165, 1.54) is 0 Å². The van der Waals surface area contributed by atoms with Crippen LogP contribution in [0.1, 0.15) is 23.2 Å². The molecule has 0 spiro atoms. The smallest absolute Gasteiger partial charge is 0.231 e. The van der Waals surface area contributed by atoms with Crippen LogP contribution in [0.2, 0.25) is 0 Å². The standard InChI is InChI=1S/C17H16O4/c18-15(13-5-2-1-3-6-13)7-4-10-19-14-8-9-16-17(11-14)21-12-20-16/h1-3,5-6,8-9,11H,4,7,10,12H2. The number of hydrogen-bond acceptors (Lipinski definition) is 4. The molecule has 108 valence electrons. The van der Waals surface area contributed by atoms with Crippen molar-refractivity contribution in [2.75, 3.05) is 13.4 Å². The van der Waals surface area contributed by atoms with E-state index in [9.17, 15) is 4.79 Å². The van der Waals surface area contributed by atoms with Crippen molar-refractivity contribution < 1.29 is 19.0 Å². The molecule has 0 atom stereocenters. The first-order valence-electron chi connectivity index (χ1n) is 6.93. The molecule has 2 aromatic rings. The number of carbonyl (C=O) groups is 1. The van der Waals surface area contributed by atoms with Crippen LogP contribution in [0.15, 0.2) is 48.5 Å². The second-order valence-corrected chi connectivity index (χ2v) is 4.76. The second kappa shape index (κ2) is 6.31. The van der Waals surface area contributed by atoms with E-state index in [4.69, 9.17) is 14.2 Å². The van der Waals surface area contributed by atoms with Crippen LogP contribution in [-0.4, -0.2) is 19.2 Å². The van der Waals surface area contributed by atoms with Crippen molar-refractivity contribution in [2.45, 2.75) is 12.8 Å². The zero-order valence-electron chi connectivity index (χ0n) is 11.6. The fourth-order valence-corrected chi connectivity index (χ4v) is 2.16. The highest BCUT2D eigenvalue weighted by molar-refractivity contribution is 5.95. The molecule has 2 aromatic carbocycles. The highest BCUT2D eigenvalue weighted by Crippen LogP contribution is 2.35. The lowest BCUT2D eigenvalue weighted by molar-refractivity contribution is 0.0973. The number of ketones is 1. The molecule has 1 aliphatic heterocycles. The number of fused-ring (bicyclic) bond motifs is 1. The summed E-state index contributed by atoms with van der Waals surface area (Å²) in [5.41, 5.74) is 0.751. The lowest BCUT2D eigenvalue weighted by atomic mass is 10.1. The summed E-state index contributed by atoms with van der Waals surface area (Å²) in [4.78, 5) is 11.9. The fourth-order valence-electron chi connectivity index (χ4n) is 2.16. The van der Waals surface area contributed by atoms with Gasteiger partial charge in [-0.05, 0) is 18.6 Å². The van der Waals surface area contributed by atoms with E-state index in [0.29, 0.717) is 25.2 Å². The van der Waals surface area contributed by atoms with Gasteiger partial charge in [0.15, 0.2) is 17.3 Å². The van der Waals surface area contributed by atoms with Gasteiger partial charge in [0.1, 0.15) is 5.75 Å². The SMILES string of the molecule is O=C(CCCOc1ccc2c(c1)OCO2)c1ccccc1. The molecule has 0 unspecified atom stereocenters. The number of Topliss-reactive ketones (excluding diaryl/α,β-unsaturated/α-hetero) is 1. The van der Waals surface area contributed by atoms with Gasteiger partial charge in [-0.2, -0.15) is 0 Å². The molecule has 4 nitrogen and oxygen atoms in total. The Morgan fingerprint density at radius 2 is 1.86 bits per heavy atom. The summed E-state index contributed by atoms with van der Waals surface area (Å²) < 4.78 is 16.2. The highest BCUT2D eigenvalue weighted by Gasteiger charge is 2.13. The van der Waals surface area contributed by atoms with E-state index >= 15 is 0 Å². The molecule has 0 saturated heterocycles. The van der Waals surface area contributed by atoms with Crippen molar-refractivity contribution in [1.29, 1.82) is 0 Å². The normalized spacial score (nSPS) is 12.2. The van der Waals surface area contributed by atoms with Crippen LogP contribution >= 0.6 is 0 Å². The Morgan fingerprint density at radius 3 is 2.71 bits per heavy atom. The molecule has 3 rings (SSSR count). The molecular formula is C17H16O4. The van der Waals surface area contributed by atoms with Gasteiger partial charge in [0.2, 0.25) is 6.79 Å². The molecule has 1 heterocycles. The van der Waals surface area contributed by atoms with Gasteiger partial charge in [-0.25, -0.2) is 0 Å². The molecule has 0 fully saturated rings. The van der Waals surface area contributed by atoms with Crippen molar-refractivity contribution in [3.63, 3.8) is 0 Å². The minimum Gasteiger partial charge on any atom is -0.493 e. The monoisotopic (exact) mass is 284 g/mol. The average Bonchev–Trinajstić information content (AvgIpc) is 3.00. The highest BCUT2D eigenvalue weighted by atomic mass is 16.7. The maximum Gasteiger partial charge on any atom is 0.231 e. The van der Waals surface area contributed by atoms with Crippen molar-refractivity contribution in [3.05, 3.63) is 54.1 Å². The average molecular weight is 284 g/mol. The minimum absolute atomic E-state index is 0.143. The van der Waals surface area contributed by atoms with Crippen molar-refractivity contribution in [1.82, 2.24) is 0 Å². The van der Waals surface area contributed by atoms with Crippen LogP contribution < -0.4 is 14.2 Å². The van der Waals surface area contributed by atoms with Gasteiger partial charge in [-0.3, -0.25) is 4.79 Å². The quantitative estimate of drug-likeness (QED) is 0.602. The van der Waals surface area contributed by atoms with Crippen LogP contribution in [0.3, 0.4) is 0 Å². The number of rotatable bonds is 6. The van der Waals surface area contributed by atoms with E-state index in [0.717, 1.165) is 17.1 Å². The van der Waals surface area contributed by atoms with Crippen LogP contribution in [0, 0.1) is 0 Å². The first-order valence-corrected chi connectivity index (χ1v) is 6.93. The summed E-state index contributed by atoms with van der Waals surface area (Å²) in [5, 5.41) is 0. The summed E-state index contributed by atoms with van der Waals surface area (Å²) in [6.45, 7) is 0.753. The number of ether oxygens (including phenoxy) is 3. The molecule has 4 heteroatoms. The third-order valence-corrected chi connectivity index (χ3v) is 3.26. The van der Waals surface area contributed by atoms with E-state index in [1.807, 2.05) is 42.5 Å². The summed E-state index contributed by atoms with van der Waals surface area (Å²) in [7, 11) is 0.